The zero-order valence-corrected chi connectivity index (χ0v) is 13.1. The summed E-state index contributed by atoms with van der Waals surface area (Å²) in [6.07, 6.45) is 0.0569. The van der Waals surface area contributed by atoms with Crippen LogP contribution in [0.5, 0.6) is 0 Å². The van der Waals surface area contributed by atoms with E-state index in [1.807, 2.05) is 0 Å². The fourth-order valence-corrected chi connectivity index (χ4v) is 2.54. The number of carbonyl (C=O) groups is 1. The number of anilines is 1. The molecule has 2 rings (SSSR count). The van der Waals surface area contributed by atoms with Crippen molar-refractivity contribution in [2.24, 2.45) is 0 Å². The van der Waals surface area contributed by atoms with E-state index in [1.165, 1.54) is 0 Å². The summed E-state index contributed by atoms with van der Waals surface area (Å²) in [6, 6.07) is 10.1. The number of carbonyl (C=O) groups excluding carboxylic acids is 1. The highest BCUT2D eigenvalue weighted by Crippen LogP contribution is 2.30. The first-order valence-corrected chi connectivity index (χ1v) is 7.17. The molecule has 0 aromatic heterocycles. The molecule has 0 heterocycles. The minimum Gasteiger partial charge on any atom is -0.324 e. The summed E-state index contributed by atoms with van der Waals surface area (Å²) < 4.78 is 0. The van der Waals surface area contributed by atoms with Gasteiger partial charge in [-0.05, 0) is 29.8 Å². The van der Waals surface area contributed by atoms with Crippen molar-refractivity contribution in [2.75, 3.05) is 5.32 Å². The standard InChI is InChI=1S/C14H9Cl4NO/c15-9-3-1-4-10(16)8(9)7-13(20)19-12-6-2-5-11(17)14(12)18/h1-6H,7H2,(H,19,20). The molecule has 0 fully saturated rings. The Hall–Kier alpha value is -0.930. The van der Waals surface area contributed by atoms with Crippen molar-refractivity contribution in [3.05, 3.63) is 62.1 Å². The van der Waals surface area contributed by atoms with Crippen molar-refractivity contribution in [2.45, 2.75) is 6.42 Å². The van der Waals surface area contributed by atoms with E-state index >= 15 is 0 Å². The number of hydrogen-bond acceptors (Lipinski definition) is 1. The Morgan fingerprint density at radius 2 is 1.45 bits per heavy atom. The predicted molar refractivity (Wildman–Crippen MR) is 85.3 cm³/mol. The lowest BCUT2D eigenvalue weighted by Gasteiger charge is -2.10. The lowest BCUT2D eigenvalue weighted by atomic mass is 10.1. The molecule has 104 valence electrons. The van der Waals surface area contributed by atoms with Crippen LogP contribution in [0.15, 0.2) is 36.4 Å². The van der Waals surface area contributed by atoms with E-state index in [9.17, 15) is 4.79 Å². The molecule has 0 aliphatic heterocycles. The molecule has 0 saturated heterocycles. The van der Waals surface area contributed by atoms with Gasteiger partial charge in [0.1, 0.15) is 0 Å². The zero-order chi connectivity index (χ0) is 14.7. The third-order valence-corrected chi connectivity index (χ3v) is 4.15. The third kappa shape index (κ3) is 3.58. The van der Waals surface area contributed by atoms with Gasteiger partial charge in [0.15, 0.2) is 0 Å². The van der Waals surface area contributed by atoms with Crippen molar-refractivity contribution in [1.82, 2.24) is 0 Å². The van der Waals surface area contributed by atoms with Crippen molar-refractivity contribution in [1.29, 1.82) is 0 Å². The average Bonchev–Trinajstić information content (AvgIpc) is 2.39. The smallest absolute Gasteiger partial charge is 0.228 e. The maximum absolute atomic E-state index is 12.0. The number of hydrogen-bond donors (Lipinski definition) is 1. The van der Waals surface area contributed by atoms with E-state index in [0.29, 0.717) is 31.3 Å². The van der Waals surface area contributed by atoms with Gasteiger partial charge in [-0.15, -0.1) is 0 Å². The van der Waals surface area contributed by atoms with E-state index in [2.05, 4.69) is 5.32 Å². The quantitative estimate of drug-likeness (QED) is 0.781. The maximum atomic E-state index is 12.0. The van der Waals surface area contributed by atoms with Crippen molar-refractivity contribution < 1.29 is 4.79 Å². The first-order valence-electron chi connectivity index (χ1n) is 5.66. The molecule has 1 amide bonds. The summed E-state index contributed by atoms with van der Waals surface area (Å²) in [4.78, 5) is 12.0. The molecule has 0 radical (unpaired) electrons. The molecular weight excluding hydrogens is 340 g/mol. The Balaban J connectivity index is 2.16. The monoisotopic (exact) mass is 347 g/mol. The fraction of sp³-hybridized carbons (Fsp3) is 0.0714. The molecule has 20 heavy (non-hydrogen) atoms. The van der Waals surface area contributed by atoms with Gasteiger partial charge in [0.05, 0.1) is 22.2 Å². The van der Waals surface area contributed by atoms with Gasteiger partial charge in [0.25, 0.3) is 0 Å². The highest BCUT2D eigenvalue weighted by Gasteiger charge is 2.13. The molecule has 0 aliphatic rings. The van der Waals surface area contributed by atoms with Crippen LogP contribution < -0.4 is 5.32 Å². The first kappa shape index (κ1) is 15.5. The van der Waals surface area contributed by atoms with Crippen LogP contribution in [-0.4, -0.2) is 5.91 Å². The Bertz CT molecular complexity index is 637. The highest BCUT2D eigenvalue weighted by atomic mass is 35.5. The summed E-state index contributed by atoms with van der Waals surface area (Å²) in [5.74, 6) is -0.274. The molecule has 2 aromatic carbocycles. The molecular formula is C14H9Cl4NO. The van der Waals surface area contributed by atoms with Crippen molar-refractivity contribution in [3.63, 3.8) is 0 Å². The summed E-state index contributed by atoms with van der Waals surface area (Å²) in [5, 5.41) is 4.25. The minimum atomic E-state index is -0.274. The van der Waals surface area contributed by atoms with Crippen LogP contribution in [0.3, 0.4) is 0 Å². The Morgan fingerprint density at radius 3 is 2.10 bits per heavy atom. The van der Waals surface area contributed by atoms with Crippen LogP contribution in [0.1, 0.15) is 5.56 Å². The summed E-state index contributed by atoms with van der Waals surface area (Å²) in [6.45, 7) is 0. The van der Waals surface area contributed by atoms with Gasteiger partial charge in [0, 0.05) is 10.0 Å². The summed E-state index contributed by atoms with van der Waals surface area (Å²) in [5.41, 5.74) is 1.03. The number of nitrogens with one attached hydrogen (secondary N) is 1. The number of amides is 1. The number of rotatable bonds is 3. The van der Waals surface area contributed by atoms with Gasteiger partial charge in [-0.2, -0.15) is 0 Å². The molecule has 0 atom stereocenters. The van der Waals surface area contributed by atoms with Gasteiger partial charge < -0.3 is 5.32 Å². The second-order valence-electron chi connectivity index (χ2n) is 4.03. The highest BCUT2D eigenvalue weighted by molar-refractivity contribution is 6.44. The topological polar surface area (TPSA) is 29.1 Å². The van der Waals surface area contributed by atoms with Gasteiger partial charge in [-0.3, -0.25) is 4.79 Å². The molecule has 0 bridgehead atoms. The van der Waals surface area contributed by atoms with Gasteiger partial charge >= 0.3 is 0 Å². The SMILES string of the molecule is O=C(Cc1c(Cl)cccc1Cl)Nc1cccc(Cl)c1Cl. The number of halogens is 4. The van der Waals surface area contributed by atoms with Crippen LogP contribution in [0.2, 0.25) is 20.1 Å². The zero-order valence-electron chi connectivity index (χ0n) is 10.1. The maximum Gasteiger partial charge on any atom is 0.228 e. The Kier molecular flexibility index (Phi) is 5.17. The fourth-order valence-electron chi connectivity index (χ4n) is 1.66. The average molecular weight is 349 g/mol. The van der Waals surface area contributed by atoms with Gasteiger partial charge in [-0.1, -0.05) is 58.5 Å². The lowest BCUT2D eigenvalue weighted by Crippen LogP contribution is -2.15. The normalized spacial score (nSPS) is 10.4. The van der Waals surface area contributed by atoms with E-state index in [1.54, 1.807) is 36.4 Å². The Labute approximate surface area is 136 Å². The molecule has 0 spiro atoms. The molecule has 2 aromatic rings. The van der Waals surface area contributed by atoms with Crippen molar-refractivity contribution >= 4 is 58.0 Å². The van der Waals surface area contributed by atoms with E-state index in [0.717, 1.165) is 0 Å². The molecule has 0 unspecified atom stereocenters. The Morgan fingerprint density at radius 1 is 0.900 bits per heavy atom. The molecule has 6 heteroatoms. The lowest BCUT2D eigenvalue weighted by molar-refractivity contribution is -0.115. The minimum absolute atomic E-state index is 0.0569. The van der Waals surface area contributed by atoms with E-state index in [4.69, 9.17) is 46.4 Å². The predicted octanol–water partition coefficient (Wildman–Crippen LogP) is 5.48. The second kappa shape index (κ2) is 6.68. The van der Waals surface area contributed by atoms with Crippen LogP contribution >= 0.6 is 46.4 Å². The first-order chi connectivity index (χ1) is 9.49. The van der Waals surface area contributed by atoms with Gasteiger partial charge in [-0.25, -0.2) is 0 Å². The summed E-state index contributed by atoms with van der Waals surface area (Å²) >= 11 is 23.9. The van der Waals surface area contributed by atoms with Crippen LogP contribution in [0.4, 0.5) is 5.69 Å². The van der Waals surface area contributed by atoms with Crippen LogP contribution in [0, 0.1) is 0 Å². The van der Waals surface area contributed by atoms with Crippen LogP contribution in [-0.2, 0) is 11.2 Å². The van der Waals surface area contributed by atoms with E-state index in [-0.39, 0.29) is 12.3 Å². The third-order valence-electron chi connectivity index (χ3n) is 2.62. The largest absolute Gasteiger partial charge is 0.324 e. The molecule has 2 nitrogen and oxygen atoms in total. The van der Waals surface area contributed by atoms with Crippen molar-refractivity contribution in [3.8, 4) is 0 Å². The molecule has 0 saturated carbocycles. The summed E-state index contributed by atoms with van der Waals surface area (Å²) in [7, 11) is 0. The molecule has 1 N–H and O–H groups in total. The number of benzene rings is 2. The van der Waals surface area contributed by atoms with Crippen LogP contribution in [0.25, 0.3) is 0 Å². The second-order valence-corrected chi connectivity index (χ2v) is 5.63. The molecule has 0 aliphatic carbocycles. The van der Waals surface area contributed by atoms with Gasteiger partial charge in [0.2, 0.25) is 5.91 Å². The van der Waals surface area contributed by atoms with E-state index < -0.39 is 0 Å².